The van der Waals surface area contributed by atoms with Gasteiger partial charge in [0.2, 0.25) is 0 Å². The number of hydrogen-bond donors (Lipinski definition) is 0. The van der Waals surface area contributed by atoms with Crippen LogP contribution in [0.5, 0.6) is 0 Å². The molecule has 0 spiro atoms. The second kappa shape index (κ2) is 7.03. The van der Waals surface area contributed by atoms with Gasteiger partial charge in [-0.25, -0.2) is 0 Å². The summed E-state index contributed by atoms with van der Waals surface area (Å²) in [6.07, 6.45) is 1.23. The lowest BCUT2D eigenvalue weighted by Crippen LogP contribution is -2.20. The molecule has 1 aromatic rings. The number of nitro groups is 1. The molecule has 0 N–H and O–H groups in total. The van der Waals surface area contributed by atoms with Crippen molar-refractivity contribution in [2.75, 3.05) is 5.33 Å². The zero-order valence-electron chi connectivity index (χ0n) is 12.0. The first-order valence-electron chi connectivity index (χ1n) is 6.75. The van der Waals surface area contributed by atoms with Crippen molar-refractivity contribution in [2.24, 2.45) is 11.8 Å². The number of aryl methyl sites for hydroxylation is 1. The van der Waals surface area contributed by atoms with Crippen molar-refractivity contribution in [1.82, 2.24) is 9.78 Å². The van der Waals surface area contributed by atoms with Gasteiger partial charge in [0.15, 0.2) is 0 Å². The topological polar surface area (TPSA) is 61.0 Å². The first-order valence-corrected chi connectivity index (χ1v) is 7.87. The van der Waals surface area contributed by atoms with Crippen LogP contribution in [0.4, 0.5) is 5.69 Å². The van der Waals surface area contributed by atoms with E-state index in [4.69, 9.17) is 0 Å². The van der Waals surface area contributed by atoms with Crippen LogP contribution in [0.2, 0.25) is 0 Å². The van der Waals surface area contributed by atoms with Gasteiger partial charge in [-0.15, -0.1) is 0 Å². The normalized spacial score (nSPS) is 12.9. The molecular formula is C13H22BrN3O2. The van der Waals surface area contributed by atoms with Crippen LogP contribution in [-0.2, 0) is 19.4 Å². The summed E-state index contributed by atoms with van der Waals surface area (Å²) in [6.45, 7) is 8.90. The molecule has 1 atom stereocenters. The lowest BCUT2D eigenvalue weighted by Gasteiger charge is -2.18. The van der Waals surface area contributed by atoms with E-state index in [0.29, 0.717) is 30.4 Å². The van der Waals surface area contributed by atoms with Gasteiger partial charge < -0.3 is 0 Å². The molecule has 0 radical (unpaired) electrons. The summed E-state index contributed by atoms with van der Waals surface area (Å²) < 4.78 is 1.84. The molecule has 6 heteroatoms. The quantitative estimate of drug-likeness (QED) is 0.435. The van der Waals surface area contributed by atoms with Gasteiger partial charge in [0.1, 0.15) is 11.4 Å². The number of halogens is 1. The Morgan fingerprint density at radius 3 is 2.37 bits per heavy atom. The Morgan fingerprint density at radius 1 is 1.37 bits per heavy atom. The Balaban J connectivity index is 3.17. The first kappa shape index (κ1) is 16.1. The molecule has 0 aliphatic carbocycles. The van der Waals surface area contributed by atoms with Crippen LogP contribution in [0.15, 0.2) is 0 Å². The number of rotatable bonds is 7. The molecule has 0 saturated carbocycles. The summed E-state index contributed by atoms with van der Waals surface area (Å²) in [5, 5.41) is 16.5. The highest BCUT2D eigenvalue weighted by Gasteiger charge is 2.26. The van der Waals surface area contributed by atoms with Crippen molar-refractivity contribution in [3.8, 4) is 0 Å². The van der Waals surface area contributed by atoms with Crippen LogP contribution in [0.3, 0.4) is 0 Å². The van der Waals surface area contributed by atoms with E-state index in [1.54, 1.807) is 0 Å². The van der Waals surface area contributed by atoms with E-state index in [2.05, 4.69) is 34.9 Å². The summed E-state index contributed by atoms with van der Waals surface area (Å²) in [5.74, 6) is 0.937. The third-order valence-electron chi connectivity index (χ3n) is 3.50. The largest absolute Gasteiger partial charge is 0.313 e. The second-order valence-corrected chi connectivity index (χ2v) is 5.69. The van der Waals surface area contributed by atoms with Crippen LogP contribution < -0.4 is 0 Å². The molecule has 0 amide bonds. The van der Waals surface area contributed by atoms with E-state index >= 15 is 0 Å². The molecule has 0 aliphatic rings. The van der Waals surface area contributed by atoms with Crippen LogP contribution in [-0.4, -0.2) is 20.0 Å². The molecule has 0 aliphatic heterocycles. The molecule has 1 unspecified atom stereocenters. The fraction of sp³-hybridized carbons (Fsp3) is 0.769. The highest BCUT2D eigenvalue weighted by atomic mass is 79.9. The predicted octanol–water partition coefficient (Wildman–Crippen LogP) is 3.58. The van der Waals surface area contributed by atoms with Crippen LogP contribution in [0.25, 0.3) is 0 Å². The van der Waals surface area contributed by atoms with Gasteiger partial charge in [0.05, 0.1) is 4.92 Å². The van der Waals surface area contributed by atoms with E-state index < -0.39 is 0 Å². The summed E-state index contributed by atoms with van der Waals surface area (Å²) in [5.41, 5.74) is 1.55. The highest BCUT2D eigenvalue weighted by molar-refractivity contribution is 9.09. The maximum atomic E-state index is 11.2. The molecule has 108 valence electrons. The standard InChI is InChI=1S/C13H22BrN3O2/c1-5-11-13(17(18)19)12(6-2)16(15-11)8-10(7-14)9(3)4/h9-10H,5-8H2,1-4H3. The molecule has 1 aromatic heterocycles. The monoisotopic (exact) mass is 331 g/mol. The lowest BCUT2D eigenvalue weighted by molar-refractivity contribution is -0.386. The third kappa shape index (κ3) is 3.55. The Morgan fingerprint density at radius 2 is 2.00 bits per heavy atom. The Kier molecular flexibility index (Phi) is 5.97. The zero-order valence-corrected chi connectivity index (χ0v) is 13.6. The van der Waals surface area contributed by atoms with Crippen LogP contribution in [0, 0.1) is 22.0 Å². The number of alkyl halides is 1. The molecule has 1 rings (SSSR count). The fourth-order valence-corrected chi connectivity index (χ4v) is 3.10. The van der Waals surface area contributed by atoms with Crippen molar-refractivity contribution >= 4 is 21.6 Å². The average Bonchev–Trinajstić information content (AvgIpc) is 2.72. The minimum absolute atomic E-state index is 0.210. The number of hydrogen-bond acceptors (Lipinski definition) is 3. The van der Waals surface area contributed by atoms with Gasteiger partial charge in [0, 0.05) is 11.9 Å². The number of nitrogens with zero attached hydrogens (tertiary/aromatic N) is 3. The van der Waals surface area contributed by atoms with E-state index in [-0.39, 0.29) is 10.6 Å². The van der Waals surface area contributed by atoms with Crippen molar-refractivity contribution < 1.29 is 4.92 Å². The van der Waals surface area contributed by atoms with E-state index in [0.717, 1.165) is 17.6 Å². The molecule has 5 nitrogen and oxygen atoms in total. The Labute approximate surface area is 122 Å². The number of aromatic nitrogens is 2. The predicted molar refractivity (Wildman–Crippen MR) is 79.8 cm³/mol. The van der Waals surface area contributed by atoms with Crippen molar-refractivity contribution in [1.29, 1.82) is 0 Å². The van der Waals surface area contributed by atoms with E-state index in [9.17, 15) is 10.1 Å². The van der Waals surface area contributed by atoms with Gasteiger partial charge in [-0.3, -0.25) is 14.8 Å². The first-order chi connectivity index (χ1) is 8.96. The molecular weight excluding hydrogens is 310 g/mol. The van der Waals surface area contributed by atoms with E-state index in [1.807, 2.05) is 18.5 Å². The molecule has 0 saturated heterocycles. The second-order valence-electron chi connectivity index (χ2n) is 5.05. The maximum absolute atomic E-state index is 11.2. The smallest absolute Gasteiger partial charge is 0.262 e. The van der Waals surface area contributed by atoms with Crippen molar-refractivity contribution in [2.45, 2.75) is 47.1 Å². The van der Waals surface area contributed by atoms with Gasteiger partial charge in [-0.1, -0.05) is 43.6 Å². The van der Waals surface area contributed by atoms with Crippen molar-refractivity contribution in [3.63, 3.8) is 0 Å². The van der Waals surface area contributed by atoms with Crippen LogP contribution in [0.1, 0.15) is 39.1 Å². The molecule has 0 bridgehead atoms. The van der Waals surface area contributed by atoms with Gasteiger partial charge in [-0.05, 0) is 24.7 Å². The van der Waals surface area contributed by atoms with E-state index in [1.165, 1.54) is 0 Å². The molecule has 0 fully saturated rings. The minimum atomic E-state index is -0.292. The summed E-state index contributed by atoms with van der Waals surface area (Å²) in [4.78, 5) is 10.9. The fourth-order valence-electron chi connectivity index (χ4n) is 2.15. The lowest BCUT2D eigenvalue weighted by atomic mass is 9.98. The highest BCUT2D eigenvalue weighted by Crippen LogP contribution is 2.26. The van der Waals surface area contributed by atoms with Gasteiger partial charge in [0.25, 0.3) is 0 Å². The molecule has 1 heterocycles. The minimum Gasteiger partial charge on any atom is -0.262 e. The summed E-state index contributed by atoms with van der Waals surface area (Å²) >= 11 is 3.52. The summed E-state index contributed by atoms with van der Waals surface area (Å²) in [7, 11) is 0. The SMILES string of the molecule is CCc1nn(CC(CBr)C(C)C)c(CC)c1[N+](=O)[O-]. The average molecular weight is 332 g/mol. The molecule has 19 heavy (non-hydrogen) atoms. The van der Waals surface area contributed by atoms with Crippen LogP contribution >= 0.6 is 15.9 Å². The summed E-state index contributed by atoms with van der Waals surface area (Å²) in [6, 6.07) is 0. The third-order valence-corrected chi connectivity index (χ3v) is 4.33. The van der Waals surface area contributed by atoms with Crippen molar-refractivity contribution in [3.05, 3.63) is 21.5 Å². The van der Waals surface area contributed by atoms with Gasteiger partial charge in [-0.2, -0.15) is 5.10 Å². The Bertz CT molecular complexity index is 443. The van der Waals surface area contributed by atoms with Gasteiger partial charge >= 0.3 is 5.69 Å². The molecule has 0 aromatic carbocycles. The zero-order chi connectivity index (χ0) is 14.6. The Hall–Kier alpha value is -0.910. The maximum Gasteiger partial charge on any atom is 0.313 e.